The number of fused-ring (bicyclic) bond motifs is 2. The Balaban J connectivity index is 1.92. The van der Waals surface area contributed by atoms with Crippen molar-refractivity contribution in [2.24, 2.45) is 13.0 Å². The summed E-state index contributed by atoms with van der Waals surface area (Å²) in [5.74, 6) is -1.09. The van der Waals surface area contributed by atoms with Crippen molar-refractivity contribution >= 4 is 23.4 Å². The summed E-state index contributed by atoms with van der Waals surface area (Å²) in [7, 11) is 3.44. The first-order valence-electron chi connectivity index (χ1n) is 9.84. The number of nitrogens with one attached hydrogen (secondary N) is 2. The molecule has 0 saturated heterocycles. The molecule has 4 rings (SSSR count). The molecular weight excluding hydrogens is 384 g/mol. The average molecular weight is 408 g/mol. The van der Waals surface area contributed by atoms with E-state index in [0.717, 1.165) is 17.1 Å². The third-order valence-electron chi connectivity index (χ3n) is 5.83. The number of nitrogens with zero attached hydrogens (tertiary/aromatic N) is 2. The highest BCUT2D eigenvalue weighted by Gasteiger charge is 2.47. The van der Waals surface area contributed by atoms with Crippen molar-refractivity contribution in [2.75, 3.05) is 7.05 Å². The molecule has 8 heteroatoms. The molecule has 156 valence electrons. The van der Waals surface area contributed by atoms with Gasteiger partial charge in [-0.25, -0.2) is 4.98 Å². The normalized spacial score (nSPS) is 22.7. The van der Waals surface area contributed by atoms with Gasteiger partial charge in [0.15, 0.2) is 6.10 Å². The number of hydrogen-bond donors (Lipinski definition) is 2. The number of esters is 1. The van der Waals surface area contributed by atoms with E-state index in [9.17, 15) is 14.4 Å². The van der Waals surface area contributed by atoms with Gasteiger partial charge in [-0.2, -0.15) is 0 Å². The number of aryl methyl sites for hydroxylation is 1. The van der Waals surface area contributed by atoms with E-state index < -0.39 is 24.0 Å². The smallest absolute Gasteiger partial charge is 0.303 e. The number of rotatable bonds is 3. The van der Waals surface area contributed by atoms with Gasteiger partial charge in [0.1, 0.15) is 11.5 Å². The molecule has 8 nitrogen and oxygen atoms in total. The minimum Gasteiger partial charge on any atom is -0.452 e. The van der Waals surface area contributed by atoms with Gasteiger partial charge in [-0.1, -0.05) is 30.3 Å². The Kier molecular flexibility index (Phi) is 4.93. The predicted octanol–water partition coefficient (Wildman–Crippen LogP) is 1.20. The molecule has 2 heterocycles. The van der Waals surface area contributed by atoms with Crippen molar-refractivity contribution < 1.29 is 19.1 Å². The summed E-state index contributed by atoms with van der Waals surface area (Å²) in [5.41, 5.74) is 3.22. The summed E-state index contributed by atoms with van der Waals surface area (Å²) in [6.45, 7) is 3.16. The Morgan fingerprint density at radius 2 is 1.97 bits per heavy atom. The lowest BCUT2D eigenvalue weighted by molar-refractivity contribution is -0.154. The number of aromatic nitrogens is 2. The summed E-state index contributed by atoms with van der Waals surface area (Å²) in [5, 5.41) is 6.04. The molecule has 0 bridgehead atoms. The Bertz CT molecular complexity index is 1070. The molecule has 2 aliphatic rings. The van der Waals surface area contributed by atoms with Crippen LogP contribution in [0.5, 0.6) is 0 Å². The van der Waals surface area contributed by atoms with Crippen LogP contribution in [0.3, 0.4) is 0 Å². The molecule has 2 N–H and O–H groups in total. The van der Waals surface area contributed by atoms with Gasteiger partial charge in [0.05, 0.1) is 17.7 Å². The zero-order valence-electron chi connectivity index (χ0n) is 17.4. The third kappa shape index (κ3) is 3.08. The van der Waals surface area contributed by atoms with Crippen LogP contribution in [-0.4, -0.2) is 40.4 Å². The average Bonchev–Trinajstić information content (AvgIpc) is 3.03. The highest BCUT2D eigenvalue weighted by Crippen LogP contribution is 2.41. The van der Waals surface area contributed by atoms with E-state index in [0.29, 0.717) is 23.4 Å². The second-order valence-electron chi connectivity index (χ2n) is 7.60. The van der Waals surface area contributed by atoms with Crippen LogP contribution in [0.25, 0.3) is 5.70 Å². The number of amides is 1. The second-order valence-corrected chi connectivity index (χ2v) is 7.60. The third-order valence-corrected chi connectivity index (χ3v) is 5.83. The van der Waals surface area contributed by atoms with Crippen LogP contribution in [0.1, 0.15) is 35.7 Å². The second kappa shape index (κ2) is 7.44. The van der Waals surface area contributed by atoms with Gasteiger partial charge in [0.2, 0.25) is 11.7 Å². The van der Waals surface area contributed by atoms with Gasteiger partial charge >= 0.3 is 5.97 Å². The molecule has 0 radical (unpaired) electrons. The van der Waals surface area contributed by atoms with E-state index in [-0.39, 0.29) is 11.7 Å². The van der Waals surface area contributed by atoms with E-state index in [4.69, 9.17) is 4.74 Å². The number of hydrogen-bond acceptors (Lipinski definition) is 6. The standard InChI is InChI=1S/C22H24N4O4/c1-11-24-18-15(26(11)4)10-14(22(29)23-3)16-19(18)25-17(13-8-6-5-7-9-13)21(20(16)28)30-12(2)27/h5-9,14,17,21,25H,10H2,1-4H3,(H,23,29)/t14?,17-,21-/m1/s1. The Morgan fingerprint density at radius 1 is 1.27 bits per heavy atom. The Hall–Kier alpha value is -3.42. The summed E-state index contributed by atoms with van der Waals surface area (Å²) < 4.78 is 7.40. The zero-order valence-corrected chi connectivity index (χ0v) is 17.4. The van der Waals surface area contributed by atoms with Crippen molar-refractivity contribution in [1.29, 1.82) is 0 Å². The molecule has 30 heavy (non-hydrogen) atoms. The molecule has 0 saturated carbocycles. The number of Topliss-reactive ketones (excluding diaryl/α,β-unsaturated/α-hetero) is 1. The number of carbonyl (C=O) groups is 3. The predicted molar refractivity (Wildman–Crippen MR) is 109 cm³/mol. The van der Waals surface area contributed by atoms with Crippen LogP contribution in [-0.2, 0) is 32.6 Å². The van der Waals surface area contributed by atoms with Crippen LogP contribution < -0.4 is 10.6 Å². The highest BCUT2D eigenvalue weighted by atomic mass is 16.5. The van der Waals surface area contributed by atoms with Crippen LogP contribution >= 0.6 is 0 Å². The van der Waals surface area contributed by atoms with Crippen molar-refractivity contribution in [3.8, 4) is 0 Å². The maximum atomic E-state index is 13.6. The minimum absolute atomic E-state index is 0.262. The van der Waals surface area contributed by atoms with Crippen molar-refractivity contribution in [1.82, 2.24) is 20.2 Å². The molecule has 1 unspecified atom stereocenters. The molecule has 1 aromatic carbocycles. The Labute approximate surface area is 174 Å². The lowest BCUT2D eigenvalue weighted by Gasteiger charge is -2.38. The summed E-state index contributed by atoms with van der Waals surface area (Å²) >= 11 is 0. The first kappa shape index (κ1) is 19.9. The van der Waals surface area contributed by atoms with E-state index in [1.807, 2.05) is 48.9 Å². The van der Waals surface area contributed by atoms with Crippen LogP contribution in [0.4, 0.5) is 0 Å². The SMILES string of the molecule is CNC(=O)C1Cc2c(nc(C)n2C)C2=C1C(=O)[C@H](OC(C)=O)[C@@H](c1ccccc1)N2. The molecule has 0 fully saturated rings. The van der Waals surface area contributed by atoms with Crippen molar-refractivity contribution in [3.63, 3.8) is 0 Å². The molecule has 3 atom stereocenters. The lowest BCUT2D eigenvalue weighted by Crippen LogP contribution is -2.50. The van der Waals surface area contributed by atoms with Crippen molar-refractivity contribution in [2.45, 2.75) is 32.4 Å². The Morgan fingerprint density at radius 3 is 2.60 bits per heavy atom. The minimum atomic E-state index is -1.07. The summed E-state index contributed by atoms with van der Waals surface area (Å²) in [4.78, 5) is 42.8. The molecule has 1 aliphatic heterocycles. The zero-order chi connectivity index (χ0) is 21.6. The van der Waals surface area contributed by atoms with Gasteiger partial charge < -0.3 is 19.9 Å². The first-order valence-corrected chi connectivity index (χ1v) is 9.84. The maximum absolute atomic E-state index is 13.6. The van der Waals surface area contributed by atoms with Gasteiger partial charge in [-0.15, -0.1) is 0 Å². The first-order chi connectivity index (χ1) is 14.3. The number of ether oxygens (including phenoxy) is 1. The van der Waals surface area contributed by atoms with Crippen LogP contribution in [0, 0.1) is 12.8 Å². The van der Waals surface area contributed by atoms with Gasteiger partial charge in [0, 0.05) is 38.7 Å². The van der Waals surface area contributed by atoms with Gasteiger partial charge in [0.25, 0.3) is 0 Å². The number of ketones is 1. The van der Waals surface area contributed by atoms with E-state index >= 15 is 0 Å². The largest absolute Gasteiger partial charge is 0.452 e. The van der Waals surface area contributed by atoms with Crippen LogP contribution in [0.2, 0.25) is 0 Å². The highest BCUT2D eigenvalue weighted by molar-refractivity contribution is 6.12. The topological polar surface area (TPSA) is 102 Å². The molecule has 1 amide bonds. The van der Waals surface area contributed by atoms with Crippen LogP contribution in [0.15, 0.2) is 35.9 Å². The number of carbonyl (C=O) groups excluding carboxylic acids is 3. The molecule has 1 aliphatic carbocycles. The number of benzene rings is 1. The number of imidazole rings is 1. The quantitative estimate of drug-likeness (QED) is 0.740. The fourth-order valence-corrected chi connectivity index (χ4v) is 4.28. The van der Waals surface area contributed by atoms with Gasteiger partial charge in [-0.3, -0.25) is 14.4 Å². The summed E-state index contributed by atoms with van der Waals surface area (Å²) in [6.07, 6.45) is -0.719. The fourth-order valence-electron chi connectivity index (χ4n) is 4.28. The molecular formula is C22H24N4O4. The van der Waals surface area contributed by atoms with E-state index in [1.165, 1.54) is 6.92 Å². The fraction of sp³-hybridized carbons (Fsp3) is 0.364. The van der Waals surface area contributed by atoms with E-state index in [1.54, 1.807) is 7.05 Å². The molecule has 1 aromatic heterocycles. The monoisotopic (exact) mass is 408 g/mol. The lowest BCUT2D eigenvalue weighted by atomic mass is 9.77. The molecule has 2 aromatic rings. The summed E-state index contributed by atoms with van der Waals surface area (Å²) in [6, 6.07) is 8.76. The molecule has 0 spiro atoms. The maximum Gasteiger partial charge on any atom is 0.303 e. The van der Waals surface area contributed by atoms with E-state index in [2.05, 4.69) is 15.6 Å². The van der Waals surface area contributed by atoms with Crippen molar-refractivity contribution in [3.05, 3.63) is 58.7 Å². The van der Waals surface area contributed by atoms with Gasteiger partial charge in [-0.05, 0) is 12.5 Å².